The van der Waals surface area contributed by atoms with Gasteiger partial charge in [0.15, 0.2) is 5.75 Å². The lowest BCUT2D eigenvalue weighted by molar-refractivity contribution is 0.0958. The molecule has 0 fully saturated rings. The molecule has 1 aromatic heterocycles. The molecule has 1 amide bonds. The van der Waals surface area contributed by atoms with Gasteiger partial charge in [-0.15, -0.1) is 17.9 Å². The van der Waals surface area contributed by atoms with Crippen molar-refractivity contribution in [3.63, 3.8) is 0 Å². The zero-order valence-electron chi connectivity index (χ0n) is 12.3. The van der Waals surface area contributed by atoms with Crippen molar-refractivity contribution < 1.29 is 9.53 Å². The molecule has 1 heterocycles. The van der Waals surface area contributed by atoms with Gasteiger partial charge in [0.25, 0.3) is 5.91 Å². The summed E-state index contributed by atoms with van der Waals surface area (Å²) in [5, 5.41) is 6.75. The summed E-state index contributed by atoms with van der Waals surface area (Å²) in [7, 11) is 0. The minimum Gasteiger partial charge on any atom is -0.486 e. The van der Waals surface area contributed by atoms with Gasteiger partial charge in [0, 0.05) is 13.1 Å². The molecular weight excluding hydrogens is 274 g/mol. The highest BCUT2D eigenvalue weighted by Crippen LogP contribution is 2.43. The van der Waals surface area contributed by atoms with Crippen LogP contribution in [0.3, 0.4) is 0 Å². The number of nitrogens with two attached hydrogens (primary N) is 1. The predicted octanol–water partition coefficient (Wildman–Crippen LogP) is 2.86. The average Bonchev–Trinajstić information content (AvgIpc) is 2.70. The molecule has 0 atom stereocenters. The van der Waals surface area contributed by atoms with Crippen molar-refractivity contribution >= 4 is 27.9 Å². The summed E-state index contributed by atoms with van der Waals surface area (Å²) in [5.74, 6) is 0.392. The van der Waals surface area contributed by atoms with E-state index < -0.39 is 0 Å². The highest BCUT2D eigenvalue weighted by atomic mass is 32.1. The molecule has 0 radical (unpaired) electrons. The Morgan fingerprint density at radius 3 is 2.80 bits per heavy atom. The zero-order chi connectivity index (χ0) is 15.1. The topological polar surface area (TPSA) is 76.4 Å². The first-order valence-corrected chi connectivity index (χ1v) is 7.54. The Morgan fingerprint density at radius 1 is 1.55 bits per heavy atom. The van der Waals surface area contributed by atoms with Gasteiger partial charge in [0.05, 0.1) is 6.10 Å². The van der Waals surface area contributed by atoms with Gasteiger partial charge in [-0.3, -0.25) is 4.79 Å². The summed E-state index contributed by atoms with van der Waals surface area (Å²) in [4.78, 5) is 12.6. The third-order valence-corrected chi connectivity index (χ3v) is 3.55. The fraction of sp³-hybridized carbons (Fsp3) is 0.500. The fourth-order valence-electron chi connectivity index (χ4n) is 1.55. The highest BCUT2D eigenvalue weighted by Gasteiger charge is 2.22. The Hall–Kier alpha value is -1.69. The smallest absolute Gasteiger partial charge is 0.263 e. The maximum Gasteiger partial charge on any atom is 0.263 e. The Kier molecular flexibility index (Phi) is 6.38. The van der Waals surface area contributed by atoms with E-state index in [1.54, 1.807) is 6.08 Å². The predicted molar refractivity (Wildman–Crippen MR) is 85.8 cm³/mol. The molecule has 5 nitrogen and oxygen atoms in total. The Bertz CT molecular complexity index is 469. The van der Waals surface area contributed by atoms with Crippen LogP contribution in [-0.2, 0) is 0 Å². The SMILES string of the molecule is C=CCNc1sc(C(=O)NCCC)c(N)c1OC(C)C. The highest BCUT2D eigenvalue weighted by molar-refractivity contribution is 7.19. The van der Waals surface area contributed by atoms with E-state index in [1.807, 2.05) is 20.8 Å². The second-order valence-corrected chi connectivity index (χ2v) is 5.62. The molecule has 1 aromatic rings. The van der Waals surface area contributed by atoms with Gasteiger partial charge < -0.3 is 21.1 Å². The maximum absolute atomic E-state index is 12.1. The van der Waals surface area contributed by atoms with Crippen LogP contribution >= 0.6 is 11.3 Å². The largest absolute Gasteiger partial charge is 0.486 e. The number of nitrogens with one attached hydrogen (secondary N) is 2. The molecule has 0 aliphatic rings. The first kappa shape index (κ1) is 16.4. The molecular formula is C14H23N3O2S. The Balaban J connectivity index is 3.03. The van der Waals surface area contributed by atoms with Gasteiger partial charge in [0.1, 0.15) is 15.6 Å². The van der Waals surface area contributed by atoms with Crippen LogP contribution in [-0.4, -0.2) is 25.1 Å². The van der Waals surface area contributed by atoms with Crippen molar-refractivity contribution in [1.29, 1.82) is 0 Å². The van der Waals surface area contributed by atoms with Gasteiger partial charge in [-0.2, -0.15) is 0 Å². The number of hydrogen-bond donors (Lipinski definition) is 3. The molecule has 20 heavy (non-hydrogen) atoms. The normalized spacial score (nSPS) is 10.4. The van der Waals surface area contributed by atoms with E-state index in [1.165, 1.54) is 11.3 Å². The number of ether oxygens (including phenoxy) is 1. The van der Waals surface area contributed by atoms with Gasteiger partial charge in [0.2, 0.25) is 0 Å². The lowest BCUT2D eigenvalue weighted by Gasteiger charge is -2.12. The Labute approximate surface area is 124 Å². The van der Waals surface area contributed by atoms with E-state index in [9.17, 15) is 4.79 Å². The molecule has 0 saturated heterocycles. The van der Waals surface area contributed by atoms with Crippen LogP contribution in [0.25, 0.3) is 0 Å². The third kappa shape index (κ3) is 4.16. The number of nitrogen functional groups attached to an aromatic ring is 1. The van der Waals surface area contributed by atoms with E-state index in [0.29, 0.717) is 29.4 Å². The van der Waals surface area contributed by atoms with E-state index in [0.717, 1.165) is 11.4 Å². The number of thiophene rings is 1. The summed E-state index contributed by atoms with van der Waals surface area (Å²) in [6.07, 6.45) is 2.61. The van der Waals surface area contributed by atoms with Crippen molar-refractivity contribution in [2.45, 2.75) is 33.3 Å². The fourth-order valence-corrected chi connectivity index (χ4v) is 2.53. The van der Waals surface area contributed by atoms with Crippen LogP contribution in [0.5, 0.6) is 5.75 Å². The standard InChI is InChI=1S/C14H23N3O2S/c1-5-7-16-13(18)12-10(15)11(19-9(3)4)14(20-12)17-8-6-2/h6,9,17H,2,5,7-8,15H2,1,3-4H3,(H,16,18). The molecule has 0 aliphatic heterocycles. The van der Waals surface area contributed by atoms with Crippen molar-refractivity contribution in [3.05, 3.63) is 17.5 Å². The van der Waals surface area contributed by atoms with Gasteiger partial charge >= 0.3 is 0 Å². The lowest BCUT2D eigenvalue weighted by atomic mass is 10.3. The van der Waals surface area contributed by atoms with Crippen LogP contribution in [0.15, 0.2) is 12.7 Å². The summed E-state index contributed by atoms with van der Waals surface area (Å²) in [6, 6.07) is 0. The van der Waals surface area contributed by atoms with Crippen LogP contribution in [0.4, 0.5) is 10.7 Å². The molecule has 1 rings (SSSR count). The number of carbonyl (C=O) groups is 1. The van der Waals surface area contributed by atoms with Crippen LogP contribution < -0.4 is 21.1 Å². The molecule has 4 N–H and O–H groups in total. The minimum atomic E-state index is -0.158. The molecule has 0 unspecified atom stereocenters. The number of amides is 1. The average molecular weight is 297 g/mol. The number of rotatable bonds is 8. The summed E-state index contributed by atoms with van der Waals surface area (Å²) in [5.41, 5.74) is 6.45. The summed E-state index contributed by atoms with van der Waals surface area (Å²) in [6.45, 7) is 10.7. The summed E-state index contributed by atoms with van der Waals surface area (Å²) >= 11 is 1.31. The van der Waals surface area contributed by atoms with E-state index in [4.69, 9.17) is 10.5 Å². The lowest BCUT2D eigenvalue weighted by Crippen LogP contribution is -2.23. The molecule has 0 saturated carbocycles. The molecule has 112 valence electrons. The second kappa shape index (κ2) is 7.79. The molecule has 6 heteroatoms. The first-order valence-electron chi connectivity index (χ1n) is 6.73. The molecule has 0 aliphatic carbocycles. The monoisotopic (exact) mass is 297 g/mol. The van der Waals surface area contributed by atoms with Crippen LogP contribution in [0, 0.1) is 0 Å². The second-order valence-electron chi connectivity index (χ2n) is 4.60. The molecule has 0 spiro atoms. The quantitative estimate of drug-likeness (QED) is 0.645. The van der Waals surface area contributed by atoms with Crippen molar-refractivity contribution in [3.8, 4) is 5.75 Å². The van der Waals surface area contributed by atoms with Crippen molar-refractivity contribution in [2.24, 2.45) is 0 Å². The summed E-state index contributed by atoms with van der Waals surface area (Å²) < 4.78 is 5.72. The van der Waals surface area contributed by atoms with E-state index in [-0.39, 0.29) is 12.0 Å². The molecule has 0 bridgehead atoms. The van der Waals surface area contributed by atoms with Gasteiger partial charge in [-0.1, -0.05) is 13.0 Å². The zero-order valence-corrected chi connectivity index (χ0v) is 13.1. The van der Waals surface area contributed by atoms with Crippen LogP contribution in [0.1, 0.15) is 36.9 Å². The number of carbonyl (C=O) groups excluding carboxylic acids is 1. The molecule has 0 aromatic carbocycles. The van der Waals surface area contributed by atoms with E-state index >= 15 is 0 Å². The third-order valence-electron chi connectivity index (χ3n) is 2.40. The van der Waals surface area contributed by atoms with Crippen molar-refractivity contribution in [1.82, 2.24) is 5.32 Å². The number of hydrogen-bond acceptors (Lipinski definition) is 5. The maximum atomic E-state index is 12.1. The van der Waals surface area contributed by atoms with Gasteiger partial charge in [-0.25, -0.2) is 0 Å². The Morgan fingerprint density at radius 2 is 2.25 bits per heavy atom. The van der Waals surface area contributed by atoms with Crippen molar-refractivity contribution in [2.75, 3.05) is 24.1 Å². The number of anilines is 2. The van der Waals surface area contributed by atoms with Gasteiger partial charge in [-0.05, 0) is 20.3 Å². The van der Waals surface area contributed by atoms with E-state index in [2.05, 4.69) is 17.2 Å². The van der Waals surface area contributed by atoms with Crippen LogP contribution in [0.2, 0.25) is 0 Å². The minimum absolute atomic E-state index is 0.0114. The first-order chi connectivity index (χ1) is 9.51.